The molecule has 130 valence electrons. The van der Waals surface area contributed by atoms with Crippen LogP contribution in [0.25, 0.3) is 6.08 Å². The molecule has 7 heteroatoms. The van der Waals surface area contributed by atoms with Crippen LogP contribution in [-0.4, -0.2) is 55.3 Å². The molecule has 0 unspecified atom stereocenters. The zero-order chi connectivity index (χ0) is 17.2. The van der Waals surface area contributed by atoms with Crippen LogP contribution in [-0.2, 0) is 9.53 Å². The van der Waals surface area contributed by atoms with Crippen LogP contribution in [0.2, 0.25) is 0 Å². The standard InChI is InChI=1S/C17H22BrN3O2S/c18-15-5-2-14(3-6-15)4-7-16(22)20-17(24)19-8-1-9-21-10-12-23-13-11-21/h2-7H,1,8-13H2,(H2,19,20,22,24)/b7-4+. The van der Waals surface area contributed by atoms with E-state index in [1.165, 1.54) is 6.08 Å². The highest BCUT2D eigenvalue weighted by Gasteiger charge is 2.09. The van der Waals surface area contributed by atoms with E-state index in [4.69, 9.17) is 17.0 Å². The Bertz CT molecular complexity index is 572. The first-order valence-corrected chi connectivity index (χ1v) is 9.16. The quantitative estimate of drug-likeness (QED) is 0.426. The van der Waals surface area contributed by atoms with Gasteiger partial charge in [-0.3, -0.25) is 15.0 Å². The number of rotatable bonds is 6. The minimum atomic E-state index is -0.233. The van der Waals surface area contributed by atoms with Crippen molar-refractivity contribution in [1.82, 2.24) is 15.5 Å². The summed E-state index contributed by atoms with van der Waals surface area (Å²) in [7, 11) is 0. The fourth-order valence-electron chi connectivity index (χ4n) is 2.27. The van der Waals surface area contributed by atoms with Crippen LogP contribution < -0.4 is 10.6 Å². The van der Waals surface area contributed by atoms with E-state index >= 15 is 0 Å². The number of hydrogen-bond donors (Lipinski definition) is 2. The lowest BCUT2D eigenvalue weighted by molar-refractivity contribution is -0.115. The Morgan fingerprint density at radius 2 is 2.00 bits per heavy atom. The van der Waals surface area contributed by atoms with Gasteiger partial charge in [0.2, 0.25) is 5.91 Å². The summed E-state index contributed by atoms with van der Waals surface area (Å²) >= 11 is 8.51. The molecule has 0 aliphatic carbocycles. The van der Waals surface area contributed by atoms with Crippen molar-refractivity contribution in [1.29, 1.82) is 0 Å². The zero-order valence-corrected chi connectivity index (χ0v) is 15.9. The van der Waals surface area contributed by atoms with Crippen molar-refractivity contribution < 1.29 is 9.53 Å². The summed E-state index contributed by atoms with van der Waals surface area (Å²) in [6.07, 6.45) is 4.21. The molecule has 1 fully saturated rings. The fourth-order valence-corrected chi connectivity index (χ4v) is 2.74. The molecule has 5 nitrogen and oxygen atoms in total. The summed E-state index contributed by atoms with van der Waals surface area (Å²) in [6.45, 7) is 5.35. The summed E-state index contributed by atoms with van der Waals surface area (Å²) < 4.78 is 6.32. The van der Waals surface area contributed by atoms with Crippen molar-refractivity contribution >= 4 is 45.2 Å². The van der Waals surface area contributed by atoms with Crippen molar-refractivity contribution in [3.05, 3.63) is 40.4 Å². The fraction of sp³-hybridized carbons (Fsp3) is 0.412. The van der Waals surface area contributed by atoms with Crippen molar-refractivity contribution in [2.24, 2.45) is 0 Å². The molecule has 0 bridgehead atoms. The largest absolute Gasteiger partial charge is 0.379 e. The molecule has 0 spiro atoms. The third-order valence-electron chi connectivity index (χ3n) is 3.57. The average Bonchev–Trinajstić information content (AvgIpc) is 2.59. The zero-order valence-electron chi connectivity index (χ0n) is 13.5. The van der Waals surface area contributed by atoms with E-state index < -0.39 is 0 Å². The molecule has 2 rings (SSSR count). The lowest BCUT2D eigenvalue weighted by Gasteiger charge is -2.26. The Hall–Kier alpha value is -1.28. The highest BCUT2D eigenvalue weighted by molar-refractivity contribution is 9.10. The second-order valence-corrected chi connectivity index (χ2v) is 6.76. The van der Waals surface area contributed by atoms with Crippen LogP contribution >= 0.6 is 28.1 Å². The van der Waals surface area contributed by atoms with Gasteiger partial charge in [-0.1, -0.05) is 28.1 Å². The first-order chi connectivity index (χ1) is 11.6. The molecule has 0 aromatic heterocycles. The summed E-state index contributed by atoms with van der Waals surface area (Å²) in [4.78, 5) is 14.2. The second kappa shape index (κ2) is 10.6. The number of nitrogens with one attached hydrogen (secondary N) is 2. The normalized spacial score (nSPS) is 15.4. The molecule has 2 N–H and O–H groups in total. The lowest BCUT2D eigenvalue weighted by Crippen LogP contribution is -2.41. The van der Waals surface area contributed by atoms with E-state index in [0.29, 0.717) is 5.11 Å². The predicted molar refractivity (Wildman–Crippen MR) is 104 cm³/mol. The van der Waals surface area contributed by atoms with Gasteiger partial charge in [0, 0.05) is 30.2 Å². The maximum Gasteiger partial charge on any atom is 0.250 e. The number of hydrogen-bond acceptors (Lipinski definition) is 4. The summed E-state index contributed by atoms with van der Waals surface area (Å²) in [5.74, 6) is -0.233. The SMILES string of the molecule is O=C(/C=C/c1ccc(Br)cc1)NC(=S)NCCCN1CCOCC1. The van der Waals surface area contributed by atoms with Gasteiger partial charge in [0.15, 0.2) is 5.11 Å². The Kier molecular flexibility index (Phi) is 8.38. The number of halogens is 1. The third-order valence-corrected chi connectivity index (χ3v) is 4.35. The van der Waals surface area contributed by atoms with Crippen LogP contribution in [0.4, 0.5) is 0 Å². The molecule has 1 aliphatic heterocycles. The Morgan fingerprint density at radius 3 is 2.71 bits per heavy atom. The monoisotopic (exact) mass is 411 g/mol. The second-order valence-electron chi connectivity index (χ2n) is 5.44. The molecule has 0 atom stereocenters. The Morgan fingerprint density at radius 1 is 1.29 bits per heavy atom. The smallest absolute Gasteiger partial charge is 0.250 e. The maximum absolute atomic E-state index is 11.8. The van der Waals surface area contributed by atoms with Crippen molar-refractivity contribution in [2.75, 3.05) is 39.4 Å². The number of benzene rings is 1. The number of ether oxygens (including phenoxy) is 1. The molecule has 1 amide bonds. The molecule has 0 saturated carbocycles. The molecular weight excluding hydrogens is 390 g/mol. The Labute approximate surface area is 156 Å². The molecule has 24 heavy (non-hydrogen) atoms. The van der Waals surface area contributed by atoms with Crippen molar-refractivity contribution in [2.45, 2.75) is 6.42 Å². The molecule has 1 aromatic rings. The molecule has 1 saturated heterocycles. The Balaban J connectivity index is 1.60. The van der Waals surface area contributed by atoms with Crippen LogP contribution in [0.15, 0.2) is 34.8 Å². The van der Waals surface area contributed by atoms with Crippen LogP contribution in [0.5, 0.6) is 0 Å². The minimum Gasteiger partial charge on any atom is -0.379 e. The molecule has 1 heterocycles. The highest BCUT2D eigenvalue weighted by atomic mass is 79.9. The van der Waals surface area contributed by atoms with Crippen molar-refractivity contribution in [3.8, 4) is 0 Å². The number of amides is 1. The van der Waals surface area contributed by atoms with Gasteiger partial charge in [0.1, 0.15) is 0 Å². The first kappa shape index (κ1) is 19.1. The summed E-state index contributed by atoms with van der Waals surface area (Å²) in [5.41, 5.74) is 0.956. The van der Waals surface area contributed by atoms with Gasteiger partial charge >= 0.3 is 0 Å². The molecule has 1 aliphatic rings. The van der Waals surface area contributed by atoms with E-state index in [0.717, 1.165) is 55.8 Å². The van der Waals surface area contributed by atoms with Gasteiger partial charge in [-0.2, -0.15) is 0 Å². The van der Waals surface area contributed by atoms with E-state index in [1.54, 1.807) is 6.08 Å². The molecule has 0 radical (unpaired) electrons. The van der Waals surface area contributed by atoms with Crippen LogP contribution in [0.3, 0.4) is 0 Å². The van der Waals surface area contributed by atoms with Crippen LogP contribution in [0.1, 0.15) is 12.0 Å². The summed E-state index contributed by atoms with van der Waals surface area (Å²) in [5, 5.41) is 6.08. The van der Waals surface area contributed by atoms with E-state index in [2.05, 4.69) is 31.5 Å². The minimum absolute atomic E-state index is 0.233. The van der Waals surface area contributed by atoms with Gasteiger partial charge < -0.3 is 10.1 Å². The van der Waals surface area contributed by atoms with Crippen molar-refractivity contribution in [3.63, 3.8) is 0 Å². The molecular formula is C17H22BrN3O2S. The van der Waals surface area contributed by atoms with Gasteiger partial charge in [-0.25, -0.2) is 0 Å². The number of carbonyl (C=O) groups excluding carboxylic acids is 1. The topological polar surface area (TPSA) is 53.6 Å². The van der Waals surface area contributed by atoms with Gasteiger partial charge in [-0.15, -0.1) is 0 Å². The lowest BCUT2D eigenvalue weighted by atomic mass is 10.2. The van der Waals surface area contributed by atoms with E-state index in [1.807, 2.05) is 24.3 Å². The molecule has 1 aromatic carbocycles. The highest BCUT2D eigenvalue weighted by Crippen LogP contribution is 2.11. The maximum atomic E-state index is 11.8. The number of thiocarbonyl (C=S) groups is 1. The van der Waals surface area contributed by atoms with Gasteiger partial charge in [0.25, 0.3) is 0 Å². The van der Waals surface area contributed by atoms with Gasteiger partial charge in [0.05, 0.1) is 13.2 Å². The van der Waals surface area contributed by atoms with E-state index in [-0.39, 0.29) is 5.91 Å². The van der Waals surface area contributed by atoms with E-state index in [9.17, 15) is 4.79 Å². The third kappa shape index (κ3) is 7.53. The first-order valence-electron chi connectivity index (χ1n) is 7.96. The number of carbonyl (C=O) groups is 1. The number of nitrogens with zero attached hydrogens (tertiary/aromatic N) is 1. The van der Waals surface area contributed by atoms with Gasteiger partial charge in [-0.05, 0) is 49.0 Å². The number of morpholine rings is 1. The van der Waals surface area contributed by atoms with Crippen LogP contribution in [0, 0.1) is 0 Å². The predicted octanol–water partition coefficient (Wildman–Crippen LogP) is 2.18. The average molecular weight is 412 g/mol. The summed E-state index contributed by atoms with van der Waals surface area (Å²) in [6, 6.07) is 7.71.